The van der Waals surface area contributed by atoms with Gasteiger partial charge in [0.2, 0.25) is 0 Å². The maximum absolute atomic E-state index is 12.1. The lowest BCUT2D eigenvalue weighted by molar-refractivity contribution is 0.0925. The highest BCUT2D eigenvalue weighted by molar-refractivity contribution is 5.97. The summed E-state index contributed by atoms with van der Waals surface area (Å²) in [6, 6.07) is 8.41. The van der Waals surface area contributed by atoms with Gasteiger partial charge in [-0.2, -0.15) is 0 Å². The summed E-state index contributed by atoms with van der Waals surface area (Å²) in [5, 5.41) is 0. The summed E-state index contributed by atoms with van der Waals surface area (Å²) in [4.78, 5) is 14.4. The van der Waals surface area contributed by atoms with Gasteiger partial charge in [-0.3, -0.25) is 9.69 Å². The first-order valence-electron chi connectivity index (χ1n) is 6.40. The van der Waals surface area contributed by atoms with Crippen molar-refractivity contribution in [1.29, 1.82) is 0 Å². The van der Waals surface area contributed by atoms with Gasteiger partial charge in [0, 0.05) is 18.2 Å². The van der Waals surface area contributed by atoms with Crippen molar-refractivity contribution in [3.8, 4) is 0 Å². The van der Waals surface area contributed by atoms with Gasteiger partial charge in [-0.25, -0.2) is 0 Å². The summed E-state index contributed by atoms with van der Waals surface area (Å²) in [5.74, 6) is 0.960. The fourth-order valence-electron chi connectivity index (χ4n) is 2.62. The van der Waals surface area contributed by atoms with Crippen LogP contribution in [0.5, 0.6) is 0 Å². The number of nitrogens with zero attached hydrogens (tertiary/aromatic N) is 1. The summed E-state index contributed by atoms with van der Waals surface area (Å²) in [5.41, 5.74) is 2.03. The molecule has 1 aromatic carbocycles. The number of likely N-dealkylation sites (tertiary alicyclic amines) is 1. The Balaban J connectivity index is 2.00. The Morgan fingerprint density at radius 1 is 1.29 bits per heavy atom. The summed E-state index contributed by atoms with van der Waals surface area (Å²) in [6.45, 7) is 8.13. The molecule has 2 unspecified atom stereocenters. The summed E-state index contributed by atoms with van der Waals surface area (Å²) in [6.07, 6.45) is 1.21. The molecule has 1 fully saturated rings. The van der Waals surface area contributed by atoms with Crippen LogP contribution in [0.25, 0.3) is 0 Å². The summed E-state index contributed by atoms with van der Waals surface area (Å²) < 4.78 is 0. The highest BCUT2D eigenvalue weighted by Crippen LogP contribution is 2.22. The van der Waals surface area contributed by atoms with Crippen molar-refractivity contribution in [2.24, 2.45) is 5.92 Å². The molecule has 1 heterocycles. The van der Waals surface area contributed by atoms with Gasteiger partial charge in [-0.15, -0.1) is 0 Å². The number of carbonyl (C=O) groups is 1. The van der Waals surface area contributed by atoms with E-state index in [0.717, 1.165) is 18.0 Å². The molecule has 2 nitrogen and oxygen atoms in total. The molecule has 1 aromatic rings. The second-order valence-corrected chi connectivity index (χ2v) is 5.41. The lowest BCUT2D eigenvalue weighted by atomic mass is 10.1. The standard InChI is InChI=1S/C15H21NO/c1-11-4-6-14(7-5-11)15(17)10-16-9-12(2)8-13(16)3/h4-7,12-13H,8-10H2,1-3H3. The summed E-state index contributed by atoms with van der Waals surface area (Å²) >= 11 is 0. The first-order chi connectivity index (χ1) is 8.06. The molecule has 0 bridgehead atoms. The SMILES string of the molecule is Cc1ccc(C(=O)CN2CC(C)CC2C)cc1. The van der Waals surface area contributed by atoms with E-state index in [-0.39, 0.29) is 5.78 Å². The molecule has 0 spiro atoms. The van der Waals surface area contributed by atoms with Crippen molar-refractivity contribution in [3.63, 3.8) is 0 Å². The van der Waals surface area contributed by atoms with Gasteiger partial charge in [0.1, 0.15) is 0 Å². The molecule has 0 N–H and O–H groups in total. The number of rotatable bonds is 3. The largest absolute Gasteiger partial charge is 0.293 e. The fraction of sp³-hybridized carbons (Fsp3) is 0.533. The van der Waals surface area contributed by atoms with E-state index < -0.39 is 0 Å². The topological polar surface area (TPSA) is 20.3 Å². The Morgan fingerprint density at radius 2 is 1.94 bits per heavy atom. The molecule has 1 aliphatic rings. The predicted octanol–water partition coefficient (Wildman–Crippen LogP) is 2.91. The van der Waals surface area contributed by atoms with Crippen LogP contribution >= 0.6 is 0 Å². The normalized spacial score (nSPS) is 25.1. The lowest BCUT2D eigenvalue weighted by Gasteiger charge is -2.19. The Hall–Kier alpha value is -1.15. The van der Waals surface area contributed by atoms with Gasteiger partial charge in [-0.1, -0.05) is 36.8 Å². The first-order valence-corrected chi connectivity index (χ1v) is 6.40. The number of Topliss-reactive ketones (excluding diaryl/α,β-unsaturated/α-hetero) is 1. The Labute approximate surface area is 104 Å². The Kier molecular flexibility index (Phi) is 3.63. The van der Waals surface area contributed by atoms with E-state index >= 15 is 0 Å². The van der Waals surface area contributed by atoms with Crippen molar-refractivity contribution in [2.45, 2.75) is 33.2 Å². The van der Waals surface area contributed by atoms with Gasteiger partial charge in [0.25, 0.3) is 0 Å². The average molecular weight is 231 g/mol. The molecule has 1 saturated heterocycles. The Bertz CT molecular complexity index is 396. The van der Waals surface area contributed by atoms with Crippen molar-refractivity contribution in [1.82, 2.24) is 4.90 Å². The molecular formula is C15H21NO. The van der Waals surface area contributed by atoms with Crippen molar-refractivity contribution < 1.29 is 4.79 Å². The molecule has 0 aliphatic carbocycles. The van der Waals surface area contributed by atoms with E-state index in [2.05, 4.69) is 18.7 Å². The van der Waals surface area contributed by atoms with Crippen LogP contribution in [0.3, 0.4) is 0 Å². The van der Waals surface area contributed by atoms with E-state index in [4.69, 9.17) is 0 Å². The zero-order valence-electron chi connectivity index (χ0n) is 10.9. The molecule has 92 valence electrons. The van der Waals surface area contributed by atoms with Crippen LogP contribution in [0.1, 0.15) is 36.2 Å². The van der Waals surface area contributed by atoms with Gasteiger partial charge >= 0.3 is 0 Å². The van der Waals surface area contributed by atoms with Crippen molar-refractivity contribution >= 4 is 5.78 Å². The van der Waals surface area contributed by atoms with Crippen LogP contribution in [0.2, 0.25) is 0 Å². The third kappa shape index (κ3) is 2.95. The minimum absolute atomic E-state index is 0.242. The molecule has 0 radical (unpaired) electrons. The number of ketones is 1. The van der Waals surface area contributed by atoms with Gasteiger partial charge < -0.3 is 0 Å². The molecule has 2 atom stereocenters. The highest BCUT2D eigenvalue weighted by atomic mass is 16.1. The maximum atomic E-state index is 12.1. The quantitative estimate of drug-likeness (QED) is 0.745. The maximum Gasteiger partial charge on any atom is 0.176 e. The van der Waals surface area contributed by atoms with Crippen LogP contribution in [-0.2, 0) is 0 Å². The molecule has 17 heavy (non-hydrogen) atoms. The van der Waals surface area contributed by atoms with Crippen LogP contribution in [0.15, 0.2) is 24.3 Å². The van der Waals surface area contributed by atoms with E-state index in [1.165, 1.54) is 12.0 Å². The van der Waals surface area contributed by atoms with Gasteiger partial charge in [0.15, 0.2) is 5.78 Å². The molecule has 2 heteroatoms. The molecular weight excluding hydrogens is 210 g/mol. The van der Waals surface area contributed by atoms with Gasteiger partial charge in [0.05, 0.1) is 6.54 Å². The second kappa shape index (κ2) is 5.01. The molecule has 2 rings (SSSR count). The van der Waals surface area contributed by atoms with E-state index in [0.29, 0.717) is 12.6 Å². The zero-order chi connectivity index (χ0) is 12.4. The minimum Gasteiger partial charge on any atom is -0.293 e. The number of hydrogen-bond donors (Lipinski definition) is 0. The number of benzene rings is 1. The van der Waals surface area contributed by atoms with Gasteiger partial charge in [-0.05, 0) is 26.2 Å². The van der Waals surface area contributed by atoms with Crippen molar-refractivity contribution in [2.75, 3.05) is 13.1 Å². The lowest BCUT2D eigenvalue weighted by Crippen LogP contribution is -2.32. The van der Waals surface area contributed by atoms with Crippen LogP contribution in [0.4, 0.5) is 0 Å². The third-order valence-corrected chi connectivity index (χ3v) is 3.63. The predicted molar refractivity (Wildman–Crippen MR) is 70.3 cm³/mol. The number of hydrogen-bond acceptors (Lipinski definition) is 2. The van der Waals surface area contributed by atoms with E-state index in [1.807, 2.05) is 31.2 Å². The van der Waals surface area contributed by atoms with Crippen LogP contribution in [-0.4, -0.2) is 29.8 Å². The van der Waals surface area contributed by atoms with Crippen LogP contribution in [0, 0.1) is 12.8 Å². The molecule has 0 amide bonds. The summed E-state index contributed by atoms with van der Waals surface area (Å²) in [7, 11) is 0. The van der Waals surface area contributed by atoms with E-state index in [1.54, 1.807) is 0 Å². The highest BCUT2D eigenvalue weighted by Gasteiger charge is 2.27. The molecule has 1 aliphatic heterocycles. The van der Waals surface area contributed by atoms with Crippen molar-refractivity contribution in [3.05, 3.63) is 35.4 Å². The second-order valence-electron chi connectivity index (χ2n) is 5.41. The monoisotopic (exact) mass is 231 g/mol. The zero-order valence-corrected chi connectivity index (χ0v) is 10.9. The van der Waals surface area contributed by atoms with E-state index in [9.17, 15) is 4.79 Å². The fourth-order valence-corrected chi connectivity index (χ4v) is 2.62. The number of carbonyl (C=O) groups excluding carboxylic acids is 1. The Morgan fingerprint density at radius 3 is 2.47 bits per heavy atom. The number of aryl methyl sites for hydroxylation is 1. The minimum atomic E-state index is 0.242. The average Bonchev–Trinajstić information content (AvgIpc) is 2.58. The third-order valence-electron chi connectivity index (χ3n) is 3.63. The first kappa shape index (κ1) is 12.3. The van der Waals surface area contributed by atoms with Crippen LogP contribution < -0.4 is 0 Å². The molecule has 0 saturated carbocycles. The molecule has 0 aromatic heterocycles. The smallest absolute Gasteiger partial charge is 0.176 e.